The van der Waals surface area contributed by atoms with E-state index in [0.717, 1.165) is 0 Å². The lowest BCUT2D eigenvalue weighted by atomic mass is 10.1. The number of hydrogen-bond donors (Lipinski definition) is 2. The van der Waals surface area contributed by atoms with Crippen LogP contribution in [0.5, 0.6) is 5.75 Å². The van der Waals surface area contributed by atoms with Gasteiger partial charge in [0, 0.05) is 0 Å². The molecule has 8 heteroatoms. The first-order valence-corrected chi connectivity index (χ1v) is 8.56. The molecule has 0 bridgehead atoms. The van der Waals surface area contributed by atoms with Crippen LogP contribution in [0.2, 0.25) is 0 Å². The van der Waals surface area contributed by atoms with Crippen molar-refractivity contribution in [3.05, 3.63) is 52.8 Å². The summed E-state index contributed by atoms with van der Waals surface area (Å²) >= 11 is 0. The molecule has 0 amide bonds. The molecule has 0 spiro atoms. The van der Waals surface area contributed by atoms with Crippen molar-refractivity contribution in [2.24, 2.45) is 0 Å². The molecule has 1 aromatic heterocycles. The predicted octanol–water partition coefficient (Wildman–Crippen LogP) is 1.88. The number of aryl methyl sites for hydroxylation is 2. The van der Waals surface area contributed by atoms with Crippen LogP contribution in [0.3, 0.4) is 0 Å². The Kier molecular flexibility index (Phi) is 5.20. The third-order valence-corrected chi connectivity index (χ3v) is 5.06. The van der Waals surface area contributed by atoms with Crippen molar-refractivity contribution < 1.29 is 23.1 Å². The van der Waals surface area contributed by atoms with Gasteiger partial charge in [-0.3, -0.25) is 4.98 Å². The summed E-state index contributed by atoms with van der Waals surface area (Å²) in [5, 5.41) is 9.17. The van der Waals surface area contributed by atoms with E-state index in [0.29, 0.717) is 22.6 Å². The first-order chi connectivity index (χ1) is 11.2. The highest BCUT2D eigenvalue weighted by Gasteiger charge is 2.20. The molecular weight excluding hydrogens is 332 g/mol. The lowest BCUT2D eigenvalue weighted by Gasteiger charge is -2.12. The Morgan fingerprint density at radius 3 is 2.50 bits per heavy atom. The molecule has 2 aromatic rings. The zero-order chi connectivity index (χ0) is 17.9. The third-order valence-electron chi connectivity index (χ3n) is 3.52. The van der Waals surface area contributed by atoms with Gasteiger partial charge in [0.25, 0.3) is 0 Å². The van der Waals surface area contributed by atoms with Crippen molar-refractivity contribution in [3.8, 4) is 5.75 Å². The largest absolute Gasteiger partial charge is 0.495 e. The highest BCUT2D eigenvalue weighted by Crippen LogP contribution is 2.21. The molecule has 1 aromatic carbocycles. The number of hydrogen-bond acceptors (Lipinski definition) is 5. The van der Waals surface area contributed by atoms with Gasteiger partial charge in [-0.1, -0.05) is 6.07 Å². The first kappa shape index (κ1) is 17.9. The number of aromatic carboxylic acids is 1. The van der Waals surface area contributed by atoms with Gasteiger partial charge in [-0.05, 0) is 43.2 Å². The van der Waals surface area contributed by atoms with Crippen LogP contribution in [-0.4, -0.2) is 31.6 Å². The number of carboxylic acid groups (broad SMARTS) is 1. The molecule has 0 unspecified atom stereocenters. The molecule has 0 aliphatic heterocycles. The fourth-order valence-electron chi connectivity index (χ4n) is 2.24. The first-order valence-electron chi connectivity index (χ1n) is 7.07. The number of nitrogens with one attached hydrogen (secondary N) is 1. The zero-order valence-corrected chi connectivity index (χ0v) is 14.3. The molecule has 1 heterocycles. The summed E-state index contributed by atoms with van der Waals surface area (Å²) < 4.78 is 32.4. The van der Waals surface area contributed by atoms with E-state index < -0.39 is 16.0 Å². The van der Waals surface area contributed by atoms with Crippen molar-refractivity contribution >= 4 is 16.0 Å². The molecule has 0 radical (unpaired) electrons. The Morgan fingerprint density at radius 1 is 1.25 bits per heavy atom. The van der Waals surface area contributed by atoms with E-state index in [4.69, 9.17) is 9.84 Å². The van der Waals surface area contributed by atoms with Crippen LogP contribution < -0.4 is 9.46 Å². The number of aromatic nitrogens is 1. The zero-order valence-electron chi connectivity index (χ0n) is 13.5. The van der Waals surface area contributed by atoms with E-state index in [1.54, 1.807) is 32.0 Å². The van der Waals surface area contributed by atoms with Gasteiger partial charge in [-0.15, -0.1) is 0 Å². The van der Waals surface area contributed by atoms with E-state index in [9.17, 15) is 13.2 Å². The van der Waals surface area contributed by atoms with Crippen molar-refractivity contribution in [2.45, 2.75) is 25.3 Å². The predicted molar refractivity (Wildman–Crippen MR) is 87.7 cm³/mol. The quantitative estimate of drug-likeness (QED) is 0.824. The topological polar surface area (TPSA) is 106 Å². The van der Waals surface area contributed by atoms with Gasteiger partial charge in [0.15, 0.2) is 0 Å². The maximum absolute atomic E-state index is 12.5. The van der Waals surface area contributed by atoms with E-state index in [2.05, 4.69) is 9.71 Å². The molecule has 2 rings (SSSR count). The molecule has 0 saturated heterocycles. The second-order valence-corrected chi connectivity index (χ2v) is 6.99. The summed E-state index contributed by atoms with van der Waals surface area (Å²) in [6, 6.07) is 6.04. The molecule has 0 fully saturated rings. The molecule has 0 atom stereocenters. The number of nitrogens with zero attached hydrogens (tertiary/aromatic N) is 1. The summed E-state index contributed by atoms with van der Waals surface area (Å²) in [5.41, 5.74) is 1.47. The fraction of sp³-hybridized carbons (Fsp3) is 0.250. The van der Waals surface area contributed by atoms with Crippen LogP contribution in [0.15, 0.2) is 35.4 Å². The number of carbonyl (C=O) groups is 1. The summed E-state index contributed by atoms with van der Waals surface area (Å²) in [4.78, 5) is 15.2. The second-order valence-electron chi connectivity index (χ2n) is 5.25. The molecule has 2 N–H and O–H groups in total. The van der Waals surface area contributed by atoms with Crippen LogP contribution in [0.25, 0.3) is 0 Å². The van der Waals surface area contributed by atoms with Gasteiger partial charge in [0.05, 0.1) is 36.0 Å². The van der Waals surface area contributed by atoms with E-state index in [-0.39, 0.29) is 17.0 Å². The van der Waals surface area contributed by atoms with Gasteiger partial charge < -0.3 is 9.84 Å². The van der Waals surface area contributed by atoms with Crippen LogP contribution in [0.1, 0.15) is 27.2 Å². The average Bonchev–Trinajstić information content (AvgIpc) is 2.53. The smallest absolute Gasteiger partial charge is 0.335 e. The van der Waals surface area contributed by atoms with E-state index >= 15 is 0 Å². The van der Waals surface area contributed by atoms with Gasteiger partial charge >= 0.3 is 5.97 Å². The minimum atomic E-state index is -3.86. The number of rotatable bonds is 6. The summed E-state index contributed by atoms with van der Waals surface area (Å²) in [7, 11) is -2.35. The lowest BCUT2D eigenvalue weighted by Crippen LogP contribution is -2.25. The van der Waals surface area contributed by atoms with E-state index in [1.807, 2.05) is 0 Å². The van der Waals surface area contributed by atoms with Gasteiger partial charge in [0.2, 0.25) is 10.0 Å². The summed E-state index contributed by atoms with van der Waals surface area (Å²) in [6.07, 6.45) is 1.49. The average molecular weight is 350 g/mol. The maximum Gasteiger partial charge on any atom is 0.335 e. The number of carboxylic acids is 1. The second kappa shape index (κ2) is 6.98. The highest BCUT2D eigenvalue weighted by atomic mass is 32.2. The number of pyridine rings is 1. The minimum absolute atomic E-state index is 0.0119. The summed E-state index contributed by atoms with van der Waals surface area (Å²) in [6.45, 7) is 3.24. The number of benzene rings is 1. The van der Waals surface area contributed by atoms with E-state index in [1.165, 1.54) is 19.4 Å². The number of ether oxygens (including phenoxy) is 1. The lowest BCUT2D eigenvalue weighted by molar-refractivity contribution is 0.0696. The van der Waals surface area contributed by atoms with Crippen LogP contribution in [0, 0.1) is 13.8 Å². The minimum Gasteiger partial charge on any atom is -0.495 e. The van der Waals surface area contributed by atoms with Crippen LogP contribution >= 0.6 is 0 Å². The standard InChI is InChI=1S/C16H18N2O5S/c1-10-6-11(2)15(7-14(10)16(19)20)24(21,22)18-8-12-4-5-13(23-3)9-17-12/h4-7,9,18H,8H2,1-3H3,(H,19,20). The van der Waals surface area contributed by atoms with Crippen LogP contribution in [0.4, 0.5) is 0 Å². The molecule has 7 nitrogen and oxygen atoms in total. The maximum atomic E-state index is 12.5. The monoisotopic (exact) mass is 350 g/mol. The van der Waals surface area contributed by atoms with Crippen molar-refractivity contribution in [1.82, 2.24) is 9.71 Å². The Hall–Kier alpha value is -2.45. The Bertz CT molecular complexity index is 861. The molecular formula is C16H18N2O5S. The normalized spacial score (nSPS) is 11.3. The molecule has 0 aliphatic carbocycles. The summed E-state index contributed by atoms with van der Waals surface area (Å²) in [5.74, 6) is -0.595. The molecule has 128 valence electrons. The van der Waals surface area contributed by atoms with Gasteiger partial charge in [-0.2, -0.15) is 0 Å². The number of methoxy groups -OCH3 is 1. The SMILES string of the molecule is COc1ccc(CNS(=O)(=O)c2cc(C(=O)O)c(C)cc2C)nc1. The van der Waals surface area contributed by atoms with Crippen molar-refractivity contribution in [2.75, 3.05) is 7.11 Å². The van der Waals surface area contributed by atoms with Crippen LogP contribution in [-0.2, 0) is 16.6 Å². The molecule has 0 aliphatic rings. The fourth-order valence-corrected chi connectivity index (χ4v) is 3.48. The highest BCUT2D eigenvalue weighted by molar-refractivity contribution is 7.89. The van der Waals surface area contributed by atoms with Gasteiger partial charge in [0.1, 0.15) is 5.75 Å². The molecule has 0 saturated carbocycles. The Labute approximate surface area is 140 Å². The number of sulfonamides is 1. The van der Waals surface area contributed by atoms with Crippen molar-refractivity contribution in [3.63, 3.8) is 0 Å². The third kappa shape index (κ3) is 3.90. The van der Waals surface area contributed by atoms with Gasteiger partial charge in [-0.25, -0.2) is 17.9 Å². The Balaban J connectivity index is 2.26. The Morgan fingerprint density at radius 2 is 1.96 bits per heavy atom. The molecule has 24 heavy (non-hydrogen) atoms. The van der Waals surface area contributed by atoms with Crippen molar-refractivity contribution in [1.29, 1.82) is 0 Å².